The number of benzene rings is 2. The largest absolute Gasteiger partial charge is 0.480 e. The van der Waals surface area contributed by atoms with E-state index in [1.807, 2.05) is 26.0 Å². The van der Waals surface area contributed by atoms with E-state index in [-0.39, 0.29) is 24.7 Å². The molecule has 0 saturated heterocycles. The Hall–Kier alpha value is -2.71. The molecule has 0 aliphatic heterocycles. The van der Waals surface area contributed by atoms with Gasteiger partial charge in [-0.05, 0) is 55.3 Å². The molecule has 1 heterocycles. The van der Waals surface area contributed by atoms with Gasteiger partial charge in [-0.25, -0.2) is 9.78 Å². The van der Waals surface area contributed by atoms with E-state index in [0.29, 0.717) is 33.1 Å². The number of carbonyl (C=O) groups is 1. The van der Waals surface area contributed by atoms with Crippen LogP contribution in [0.1, 0.15) is 44.5 Å². The predicted octanol–water partition coefficient (Wildman–Crippen LogP) is 5.15. The molecule has 168 valence electrons. The van der Waals surface area contributed by atoms with Crippen molar-refractivity contribution in [1.82, 2.24) is 9.66 Å². The highest BCUT2D eigenvalue weighted by Crippen LogP contribution is 2.25. The minimum atomic E-state index is -0.471. The topological polar surface area (TPSA) is 82.8 Å². The Morgan fingerprint density at radius 1 is 1.28 bits per heavy atom. The molecule has 0 radical (unpaired) electrons. The molecule has 7 nitrogen and oxygen atoms in total. The van der Waals surface area contributed by atoms with Crippen molar-refractivity contribution in [2.75, 3.05) is 13.2 Å². The number of nitrogens with zero attached hydrogens (tertiary/aromatic N) is 3. The normalized spacial score (nSPS) is 12.3. The number of hydrogen-bond acceptors (Lipinski definition) is 6. The highest BCUT2D eigenvalue weighted by molar-refractivity contribution is 9.10. The van der Waals surface area contributed by atoms with Crippen molar-refractivity contribution in [3.05, 3.63) is 67.6 Å². The Kier molecular flexibility index (Phi) is 8.04. The lowest BCUT2D eigenvalue weighted by Crippen LogP contribution is -2.23. The second-order valence-corrected chi connectivity index (χ2v) is 8.41. The van der Waals surface area contributed by atoms with E-state index in [1.165, 1.54) is 4.68 Å². The van der Waals surface area contributed by atoms with Gasteiger partial charge in [-0.3, -0.25) is 4.79 Å². The standard InChI is InChI=1S/C23H23BrClN3O4/c1-4-14(3)22-27-19-8-7-16(24)11-17(19)23(30)28(22)26-12-15-6-9-20(18(25)10-15)32-13-21(29)31-5-2/h6-12,14H,4-5,13H2,1-3H3/t14-/m1/s1. The van der Waals surface area contributed by atoms with E-state index in [1.54, 1.807) is 37.4 Å². The van der Waals surface area contributed by atoms with Gasteiger partial charge in [0.05, 0.1) is 28.7 Å². The number of hydrogen-bond donors (Lipinski definition) is 0. The Morgan fingerprint density at radius 3 is 2.75 bits per heavy atom. The highest BCUT2D eigenvalue weighted by atomic mass is 79.9. The number of halogens is 2. The molecule has 0 fully saturated rings. The van der Waals surface area contributed by atoms with Gasteiger partial charge < -0.3 is 9.47 Å². The molecule has 0 aliphatic rings. The summed E-state index contributed by atoms with van der Waals surface area (Å²) in [5.74, 6) is 0.507. The zero-order valence-corrected chi connectivity index (χ0v) is 20.3. The van der Waals surface area contributed by atoms with Crippen LogP contribution in [0.5, 0.6) is 5.75 Å². The molecular weight excluding hydrogens is 498 g/mol. The lowest BCUT2D eigenvalue weighted by molar-refractivity contribution is -0.145. The average molecular weight is 521 g/mol. The number of carbonyl (C=O) groups excluding carboxylic acids is 1. The molecule has 0 N–H and O–H groups in total. The monoisotopic (exact) mass is 519 g/mol. The second-order valence-electron chi connectivity index (χ2n) is 7.09. The van der Waals surface area contributed by atoms with Crippen molar-refractivity contribution < 1.29 is 14.3 Å². The predicted molar refractivity (Wildman–Crippen MR) is 129 cm³/mol. The summed E-state index contributed by atoms with van der Waals surface area (Å²) in [5, 5.41) is 5.21. The first-order valence-corrected chi connectivity index (χ1v) is 11.4. The number of esters is 1. The van der Waals surface area contributed by atoms with E-state index in [9.17, 15) is 9.59 Å². The quantitative estimate of drug-likeness (QED) is 0.303. The van der Waals surface area contributed by atoms with Crippen LogP contribution < -0.4 is 10.3 Å². The van der Waals surface area contributed by atoms with E-state index < -0.39 is 5.97 Å². The highest BCUT2D eigenvalue weighted by Gasteiger charge is 2.15. The number of aromatic nitrogens is 2. The van der Waals surface area contributed by atoms with Gasteiger partial charge in [-0.1, -0.05) is 41.4 Å². The van der Waals surface area contributed by atoms with Gasteiger partial charge in [0.2, 0.25) is 0 Å². The number of fused-ring (bicyclic) bond motifs is 1. The first kappa shape index (κ1) is 23.9. The maximum absolute atomic E-state index is 13.2. The van der Waals surface area contributed by atoms with Crippen molar-refractivity contribution in [2.45, 2.75) is 33.1 Å². The van der Waals surface area contributed by atoms with Crippen molar-refractivity contribution >= 4 is 50.6 Å². The van der Waals surface area contributed by atoms with E-state index >= 15 is 0 Å². The summed E-state index contributed by atoms with van der Waals surface area (Å²) in [7, 11) is 0. The Labute approximate surface area is 199 Å². The van der Waals surface area contributed by atoms with Crippen LogP contribution in [0, 0.1) is 0 Å². The van der Waals surface area contributed by atoms with Crippen LogP contribution in [-0.4, -0.2) is 35.1 Å². The molecule has 0 amide bonds. The molecule has 1 aromatic heterocycles. The van der Waals surface area contributed by atoms with Gasteiger partial charge in [-0.2, -0.15) is 9.78 Å². The molecule has 0 unspecified atom stereocenters. The van der Waals surface area contributed by atoms with Gasteiger partial charge in [0.25, 0.3) is 5.56 Å². The number of ether oxygens (including phenoxy) is 2. The van der Waals surface area contributed by atoms with Crippen LogP contribution in [0.2, 0.25) is 5.02 Å². The minimum Gasteiger partial charge on any atom is -0.480 e. The van der Waals surface area contributed by atoms with Crippen LogP contribution in [0.25, 0.3) is 10.9 Å². The lowest BCUT2D eigenvalue weighted by Gasteiger charge is -2.14. The summed E-state index contributed by atoms with van der Waals surface area (Å²) >= 11 is 9.68. The average Bonchev–Trinajstić information content (AvgIpc) is 2.77. The third-order valence-electron chi connectivity index (χ3n) is 4.82. The van der Waals surface area contributed by atoms with Crippen LogP contribution in [0.15, 0.2) is 50.8 Å². The molecule has 0 bridgehead atoms. The van der Waals surface area contributed by atoms with E-state index in [2.05, 4.69) is 26.0 Å². The molecule has 0 spiro atoms. The molecule has 3 aromatic rings. The summed E-state index contributed by atoms with van der Waals surface area (Å²) in [6, 6.07) is 10.4. The SMILES string of the molecule is CCOC(=O)COc1ccc(C=Nn2c([C@H](C)CC)nc3ccc(Br)cc3c2=O)cc1Cl. The number of rotatable bonds is 8. The van der Waals surface area contributed by atoms with Crippen LogP contribution >= 0.6 is 27.5 Å². The van der Waals surface area contributed by atoms with Crippen molar-refractivity contribution in [1.29, 1.82) is 0 Å². The first-order valence-electron chi connectivity index (χ1n) is 10.2. The summed E-state index contributed by atoms with van der Waals surface area (Å²) in [6.45, 7) is 5.81. The smallest absolute Gasteiger partial charge is 0.344 e. The zero-order chi connectivity index (χ0) is 23.3. The van der Waals surface area contributed by atoms with Gasteiger partial charge in [0.1, 0.15) is 11.6 Å². The van der Waals surface area contributed by atoms with Crippen molar-refractivity contribution in [2.24, 2.45) is 5.10 Å². The molecule has 2 aromatic carbocycles. The van der Waals surface area contributed by atoms with E-state index in [4.69, 9.17) is 21.1 Å². The molecule has 9 heteroatoms. The molecule has 1 atom stereocenters. The van der Waals surface area contributed by atoms with Gasteiger partial charge >= 0.3 is 5.97 Å². The molecular formula is C23H23BrClN3O4. The summed E-state index contributed by atoms with van der Waals surface area (Å²) in [4.78, 5) is 29.3. The molecule has 0 saturated carbocycles. The van der Waals surface area contributed by atoms with Crippen molar-refractivity contribution in [3.63, 3.8) is 0 Å². The van der Waals surface area contributed by atoms with Crippen LogP contribution in [-0.2, 0) is 9.53 Å². The fourth-order valence-corrected chi connectivity index (χ4v) is 3.56. The molecule has 0 aliphatic carbocycles. The zero-order valence-electron chi connectivity index (χ0n) is 18.0. The third-order valence-corrected chi connectivity index (χ3v) is 5.60. The Morgan fingerprint density at radius 2 is 2.06 bits per heavy atom. The maximum atomic E-state index is 13.2. The van der Waals surface area contributed by atoms with Gasteiger partial charge in [-0.15, -0.1) is 0 Å². The fraction of sp³-hybridized carbons (Fsp3) is 0.304. The maximum Gasteiger partial charge on any atom is 0.344 e. The Bertz CT molecular complexity index is 1230. The van der Waals surface area contributed by atoms with Crippen LogP contribution in [0.3, 0.4) is 0 Å². The summed E-state index contributed by atoms with van der Waals surface area (Å²) < 4.78 is 12.4. The molecule has 3 rings (SSSR count). The summed E-state index contributed by atoms with van der Waals surface area (Å²) in [5.41, 5.74) is 1.05. The summed E-state index contributed by atoms with van der Waals surface area (Å²) in [6.07, 6.45) is 2.35. The molecule has 32 heavy (non-hydrogen) atoms. The van der Waals surface area contributed by atoms with Crippen molar-refractivity contribution in [3.8, 4) is 5.75 Å². The third kappa shape index (κ3) is 5.55. The Balaban J connectivity index is 1.93. The lowest BCUT2D eigenvalue weighted by atomic mass is 10.1. The van der Waals surface area contributed by atoms with Gasteiger partial charge in [0.15, 0.2) is 6.61 Å². The second kappa shape index (κ2) is 10.7. The fourth-order valence-electron chi connectivity index (χ4n) is 2.96. The van der Waals surface area contributed by atoms with E-state index in [0.717, 1.165) is 10.9 Å². The first-order chi connectivity index (χ1) is 15.3. The van der Waals surface area contributed by atoms with Crippen LogP contribution in [0.4, 0.5) is 0 Å². The van der Waals surface area contributed by atoms with Gasteiger partial charge in [0, 0.05) is 10.4 Å². The minimum absolute atomic E-state index is 0.0372.